The number of carbonyl (C=O) groups is 1. The zero-order valence-electron chi connectivity index (χ0n) is 15.2. The first kappa shape index (κ1) is 17.3. The van der Waals surface area contributed by atoms with E-state index >= 15 is 0 Å². The van der Waals surface area contributed by atoms with Crippen LogP contribution in [0.25, 0.3) is 0 Å². The highest BCUT2D eigenvalue weighted by Gasteiger charge is 2.29. The van der Waals surface area contributed by atoms with Crippen LogP contribution in [-0.2, 0) is 6.54 Å². The maximum atomic E-state index is 12.7. The van der Waals surface area contributed by atoms with Gasteiger partial charge in [-0.25, -0.2) is 9.78 Å². The third kappa shape index (κ3) is 4.10. The number of aryl methyl sites for hydroxylation is 1. The van der Waals surface area contributed by atoms with Crippen LogP contribution in [0.3, 0.4) is 0 Å². The molecular formula is C20H26N4O. The Kier molecular flexibility index (Phi) is 5.22. The first-order chi connectivity index (χ1) is 12.0. The minimum Gasteiger partial charge on any atom is -0.363 e. The Morgan fingerprint density at radius 1 is 1.32 bits per heavy atom. The van der Waals surface area contributed by atoms with Gasteiger partial charge in [-0.2, -0.15) is 0 Å². The van der Waals surface area contributed by atoms with E-state index in [-0.39, 0.29) is 12.1 Å². The number of urea groups is 1. The maximum absolute atomic E-state index is 12.7. The second kappa shape index (κ2) is 7.55. The van der Waals surface area contributed by atoms with Crippen molar-refractivity contribution in [2.24, 2.45) is 0 Å². The lowest BCUT2D eigenvalue weighted by atomic mass is 10.0. The van der Waals surface area contributed by atoms with Crippen molar-refractivity contribution in [3.8, 4) is 0 Å². The van der Waals surface area contributed by atoms with Crippen molar-refractivity contribution in [2.45, 2.75) is 32.4 Å². The van der Waals surface area contributed by atoms with Gasteiger partial charge in [0.15, 0.2) is 0 Å². The molecule has 0 bridgehead atoms. The van der Waals surface area contributed by atoms with Crippen LogP contribution in [0.2, 0.25) is 0 Å². The van der Waals surface area contributed by atoms with Crippen LogP contribution < -0.4 is 10.2 Å². The molecule has 1 N–H and O–H groups in total. The van der Waals surface area contributed by atoms with Crippen LogP contribution in [0.1, 0.15) is 35.6 Å². The van der Waals surface area contributed by atoms with Crippen LogP contribution in [0.5, 0.6) is 0 Å². The van der Waals surface area contributed by atoms with Gasteiger partial charge in [0.25, 0.3) is 0 Å². The first-order valence-electron chi connectivity index (χ1n) is 8.78. The fourth-order valence-electron chi connectivity index (χ4n) is 3.33. The lowest BCUT2D eigenvalue weighted by molar-refractivity contribution is 0.192. The van der Waals surface area contributed by atoms with E-state index in [4.69, 9.17) is 0 Å². The molecule has 3 rings (SSSR count). The van der Waals surface area contributed by atoms with E-state index in [0.717, 1.165) is 30.8 Å². The summed E-state index contributed by atoms with van der Waals surface area (Å²) in [5, 5.41) is 3.06. The fraction of sp³-hybridized carbons (Fsp3) is 0.400. The molecule has 2 heterocycles. The van der Waals surface area contributed by atoms with Gasteiger partial charge in [-0.05, 0) is 43.0 Å². The molecular weight excluding hydrogens is 312 g/mol. The highest BCUT2D eigenvalue weighted by molar-refractivity contribution is 5.75. The third-order valence-electron chi connectivity index (χ3n) is 4.65. The molecule has 5 nitrogen and oxygen atoms in total. The highest BCUT2D eigenvalue weighted by atomic mass is 16.2. The van der Waals surface area contributed by atoms with E-state index in [1.807, 2.05) is 36.0 Å². The van der Waals surface area contributed by atoms with E-state index in [1.54, 1.807) is 6.20 Å². The van der Waals surface area contributed by atoms with Gasteiger partial charge in [-0.15, -0.1) is 0 Å². The summed E-state index contributed by atoms with van der Waals surface area (Å²) in [4.78, 5) is 20.9. The summed E-state index contributed by atoms with van der Waals surface area (Å²) in [5.74, 6) is 0.894. The zero-order chi connectivity index (χ0) is 17.8. The molecule has 1 atom stereocenters. The lowest BCUT2D eigenvalue weighted by Crippen LogP contribution is -2.39. The number of hydrogen-bond donors (Lipinski definition) is 1. The van der Waals surface area contributed by atoms with Crippen molar-refractivity contribution in [2.75, 3.05) is 25.5 Å². The van der Waals surface area contributed by atoms with Crippen molar-refractivity contribution in [1.82, 2.24) is 15.2 Å². The molecule has 0 spiro atoms. The average Bonchev–Trinajstić information content (AvgIpc) is 3.10. The van der Waals surface area contributed by atoms with Crippen LogP contribution in [0.4, 0.5) is 10.6 Å². The summed E-state index contributed by atoms with van der Waals surface area (Å²) in [5.41, 5.74) is 3.52. The summed E-state index contributed by atoms with van der Waals surface area (Å²) < 4.78 is 0. The lowest BCUT2D eigenvalue weighted by Gasteiger charge is -2.25. The van der Waals surface area contributed by atoms with Crippen LogP contribution in [0.15, 0.2) is 42.6 Å². The van der Waals surface area contributed by atoms with Crippen LogP contribution in [-0.4, -0.2) is 36.6 Å². The van der Waals surface area contributed by atoms with Gasteiger partial charge in [-0.1, -0.05) is 29.8 Å². The summed E-state index contributed by atoms with van der Waals surface area (Å²) in [6, 6.07) is 12.6. The molecule has 2 amide bonds. The number of benzene rings is 1. The largest absolute Gasteiger partial charge is 0.363 e. The predicted octanol–water partition coefficient (Wildman–Crippen LogP) is 3.50. The Bertz CT molecular complexity index is 744. The molecule has 1 aromatic heterocycles. The van der Waals surface area contributed by atoms with Gasteiger partial charge in [0.05, 0.1) is 6.04 Å². The summed E-state index contributed by atoms with van der Waals surface area (Å²) in [6.45, 7) is 3.41. The second-order valence-corrected chi connectivity index (χ2v) is 6.84. The monoisotopic (exact) mass is 338 g/mol. The van der Waals surface area contributed by atoms with E-state index in [0.29, 0.717) is 6.54 Å². The van der Waals surface area contributed by atoms with E-state index in [9.17, 15) is 4.79 Å². The number of hydrogen-bond acceptors (Lipinski definition) is 3. The Hall–Kier alpha value is -2.56. The smallest absolute Gasteiger partial charge is 0.318 e. The molecule has 1 aromatic carbocycles. The van der Waals surface area contributed by atoms with Crippen LogP contribution in [0, 0.1) is 6.92 Å². The number of likely N-dealkylation sites (tertiary alicyclic amines) is 1. The SMILES string of the molecule is Cc1cccc(C2CCCN2C(=O)NCc2ccnc(N(C)C)c2)c1. The molecule has 0 aliphatic carbocycles. The second-order valence-electron chi connectivity index (χ2n) is 6.84. The molecule has 1 unspecified atom stereocenters. The molecule has 1 aliphatic heterocycles. The predicted molar refractivity (Wildman–Crippen MR) is 101 cm³/mol. The van der Waals surface area contributed by atoms with Gasteiger partial charge in [-0.3, -0.25) is 0 Å². The molecule has 25 heavy (non-hydrogen) atoms. The van der Waals surface area contributed by atoms with Crippen molar-refractivity contribution in [1.29, 1.82) is 0 Å². The van der Waals surface area contributed by atoms with Crippen molar-refractivity contribution in [3.63, 3.8) is 0 Å². The van der Waals surface area contributed by atoms with Gasteiger partial charge >= 0.3 is 6.03 Å². The number of carbonyl (C=O) groups excluding carboxylic acids is 1. The first-order valence-corrected chi connectivity index (χ1v) is 8.78. The molecule has 1 fully saturated rings. The minimum atomic E-state index is 0.00669. The van der Waals surface area contributed by atoms with Gasteiger partial charge in [0.1, 0.15) is 5.82 Å². The number of amides is 2. The summed E-state index contributed by atoms with van der Waals surface area (Å²) in [7, 11) is 3.92. The number of nitrogens with one attached hydrogen (secondary N) is 1. The molecule has 132 valence electrons. The number of nitrogens with zero attached hydrogens (tertiary/aromatic N) is 3. The zero-order valence-corrected chi connectivity index (χ0v) is 15.2. The van der Waals surface area contributed by atoms with E-state index < -0.39 is 0 Å². The number of rotatable bonds is 4. The normalized spacial score (nSPS) is 16.8. The highest BCUT2D eigenvalue weighted by Crippen LogP contribution is 2.32. The maximum Gasteiger partial charge on any atom is 0.318 e. The van der Waals surface area contributed by atoms with Crippen molar-refractivity contribution >= 4 is 11.8 Å². The Balaban J connectivity index is 1.65. The Labute approximate surface area is 149 Å². The average molecular weight is 338 g/mol. The molecule has 0 saturated carbocycles. The summed E-state index contributed by atoms with van der Waals surface area (Å²) >= 11 is 0. The molecule has 5 heteroatoms. The third-order valence-corrected chi connectivity index (χ3v) is 4.65. The number of pyridine rings is 1. The van der Waals surface area contributed by atoms with Gasteiger partial charge in [0.2, 0.25) is 0 Å². The standard InChI is InChI=1S/C20H26N4O/c1-15-6-4-7-17(12-15)18-8-5-11-24(18)20(25)22-14-16-9-10-21-19(13-16)23(2)3/h4,6-7,9-10,12-13,18H,5,8,11,14H2,1-3H3,(H,22,25). The van der Waals surface area contributed by atoms with E-state index in [2.05, 4.69) is 41.5 Å². The fourth-order valence-corrected chi connectivity index (χ4v) is 3.33. The van der Waals surface area contributed by atoms with Gasteiger partial charge < -0.3 is 15.1 Å². The summed E-state index contributed by atoms with van der Waals surface area (Å²) in [6.07, 6.45) is 3.85. The quantitative estimate of drug-likeness (QED) is 0.928. The van der Waals surface area contributed by atoms with Gasteiger partial charge in [0, 0.05) is 33.4 Å². The topological polar surface area (TPSA) is 48.5 Å². The van der Waals surface area contributed by atoms with Crippen LogP contribution >= 0.6 is 0 Å². The van der Waals surface area contributed by atoms with E-state index in [1.165, 1.54) is 11.1 Å². The molecule has 1 saturated heterocycles. The van der Waals surface area contributed by atoms with Crippen molar-refractivity contribution in [3.05, 3.63) is 59.3 Å². The molecule has 1 aliphatic rings. The number of anilines is 1. The minimum absolute atomic E-state index is 0.00669. The molecule has 2 aromatic rings. The number of aromatic nitrogens is 1. The Morgan fingerprint density at radius 2 is 2.16 bits per heavy atom. The molecule has 0 radical (unpaired) electrons. The van der Waals surface area contributed by atoms with Crippen molar-refractivity contribution < 1.29 is 4.79 Å². The Morgan fingerprint density at radius 3 is 2.92 bits per heavy atom.